The van der Waals surface area contributed by atoms with Crippen LogP contribution >= 0.6 is 0 Å². The van der Waals surface area contributed by atoms with Crippen molar-refractivity contribution in [3.05, 3.63) is 53.0 Å². The number of sulfonamides is 1. The highest BCUT2D eigenvalue weighted by atomic mass is 32.2. The molecule has 0 unspecified atom stereocenters. The molecule has 0 saturated carbocycles. The Balaban J connectivity index is 1.51. The van der Waals surface area contributed by atoms with E-state index in [0.717, 1.165) is 34.2 Å². The molecule has 1 fully saturated rings. The molecule has 1 aromatic carbocycles. The number of rotatable bonds is 4. The Kier molecular flexibility index (Phi) is 5.43. The van der Waals surface area contributed by atoms with E-state index in [2.05, 4.69) is 24.5 Å². The van der Waals surface area contributed by atoms with E-state index in [4.69, 9.17) is 4.42 Å². The molecule has 31 heavy (non-hydrogen) atoms. The number of benzene rings is 1. The van der Waals surface area contributed by atoms with Crippen molar-refractivity contribution in [3.63, 3.8) is 0 Å². The number of fused-ring (bicyclic) bond motifs is 1. The van der Waals surface area contributed by atoms with Gasteiger partial charge in [-0.2, -0.15) is 4.31 Å². The van der Waals surface area contributed by atoms with Crippen molar-refractivity contribution in [1.29, 1.82) is 0 Å². The van der Waals surface area contributed by atoms with Crippen LogP contribution in [0.2, 0.25) is 0 Å². The first kappa shape index (κ1) is 21.6. The number of hydrogen-bond donors (Lipinski definition) is 2. The highest BCUT2D eigenvalue weighted by Crippen LogP contribution is 2.42. The van der Waals surface area contributed by atoms with E-state index >= 15 is 0 Å². The Labute approximate surface area is 182 Å². The number of hydrogen-bond acceptors (Lipinski definition) is 5. The Morgan fingerprint density at radius 1 is 1.26 bits per heavy atom. The van der Waals surface area contributed by atoms with E-state index in [9.17, 15) is 18.0 Å². The van der Waals surface area contributed by atoms with Crippen LogP contribution in [0.4, 0.5) is 0 Å². The van der Waals surface area contributed by atoms with Crippen LogP contribution in [-0.4, -0.2) is 44.2 Å². The van der Waals surface area contributed by atoms with Gasteiger partial charge >= 0.3 is 0 Å². The zero-order valence-corrected chi connectivity index (χ0v) is 18.7. The smallest absolute Gasteiger partial charge is 0.251 e. The summed E-state index contributed by atoms with van der Waals surface area (Å²) in [4.78, 5) is 24.5. The normalized spacial score (nSPS) is 21.3. The summed E-state index contributed by atoms with van der Waals surface area (Å²) >= 11 is 0. The molecule has 1 saturated heterocycles. The van der Waals surface area contributed by atoms with E-state index < -0.39 is 10.0 Å². The molecule has 166 valence electrons. The number of carbonyl (C=O) groups excluding carboxylic acids is 2. The van der Waals surface area contributed by atoms with Crippen LogP contribution in [0.25, 0.3) is 0 Å². The molecular weight excluding hydrogens is 418 g/mol. The molecule has 4 rings (SSSR count). The predicted octanol–water partition coefficient (Wildman–Crippen LogP) is 2.15. The number of furan rings is 1. The summed E-state index contributed by atoms with van der Waals surface area (Å²) in [5.74, 6) is 1.14. The molecule has 1 atom stereocenters. The van der Waals surface area contributed by atoms with Gasteiger partial charge in [0.2, 0.25) is 15.9 Å². The van der Waals surface area contributed by atoms with Gasteiger partial charge in [0.15, 0.2) is 0 Å². The lowest BCUT2D eigenvalue weighted by molar-refractivity contribution is -0.122. The second-order valence-corrected chi connectivity index (χ2v) is 11.0. The summed E-state index contributed by atoms with van der Waals surface area (Å²) in [7, 11) is -3.79. The maximum absolute atomic E-state index is 12.9. The molecule has 0 spiro atoms. The van der Waals surface area contributed by atoms with Gasteiger partial charge in [-0.15, -0.1) is 0 Å². The van der Waals surface area contributed by atoms with E-state index in [-0.39, 0.29) is 47.8 Å². The van der Waals surface area contributed by atoms with Crippen molar-refractivity contribution in [3.8, 4) is 0 Å². The van der Waals surface area contributed by atoms with Crippen LogP contribution < -0.4 is 10.6 Å². The SMILES string of the molecule is Cc1cc2c(o1)CC(C)(C)C[C@@H]2NC(=O)c1ccc(S(=O)(=O)N2CCNC(=O)C2)cc1. The van der Waals surface area contributed by atoms with Crippen LogP contribution in [-0.2, 0) is 21.2 Å². The number of nitrogens with zero attached hydrogens (tertiary/aromatic N) is 1. The van der Waals surface area contributed by atoms with Gasteiger partial charge in [0.05, 0.1) is 17.5 Å². The van der Waals surface area contributed by atoms with Gasteiger partial charge in [0, 0.05) is 30.6 Å². The van der Waals surface area contributed by atoms with E-state index in [1.165, 1.54) is 24.3 Å². The molecule has 2 N–H and O–H groups in total. The third-order valence-electron chi connectivity index (χ3n) is 5.80. The first-order valence-corrected chi connectivity index (χ1v) is 11.8. The monoisotopic (exact) mass is 445 g/mol. The molecule has 2 aliphatic rings. The third kappa shape index (κ3) is 4.38. The van der Waals surface area contributed by atoms with Gasteiger partial charge in [-0.05, 0) is 49.1 Å². The number of nitrogens with one attached hydrogen (secondary N) is 2. The minimum Gasteiger partial charge on any atom is -0.466 e. The highest BCUT2D eigenvalue weighted by Gasteiger charge is 2.36. The standard InChI is InChI=1S/C22H27N3O5S/c1-14-10-17-18(11-22(2,3)12-19(17)30-14)24-21(27)15-4-6-16(7-5-15)31(28,29)25-9-8-23-20(26)13-25/h4-7,10,18H,8-9,11-13H2,1-3H3,(H,23,26)(H,24,27)/t18-/m0/s1. The van der Waals surface area contributed by atoms with E-state index in [1.807, 2.05) is 13.0 Å². The van der Waals surface area contributed by atoms with E-state index in [0.29, 0.717) is 5.56 Å². The third-order valence-corrected chi connectivity index (χ3v) is 7.66. The first-order valence-electron chi connectivity index (χ1n) is 10.3. The minimum absolute atomic E-state index is 0.00604. The van der Waals surface area contributed by atoms with Gasteiger partial charge in [-0.1, -0.05) is 13.8 Å². The van der Waals surface area contributed by atoms with Crippen molar-refractivity contribution in [2.75, 3.05) is 19.6 Å². The summed E-state index contributed by atoms with van der Waals surface area (Å²) in [5, 5.41) is 5.68. The molecule has 1 aromatic heterocycles. The summed E-state index contributed by atoms with van der Waals surface area (Å²) in [5.41, 5.74) is 1.38. The first-order chi connectivity index (χ1) is 14.5. The average Bonchev–Trinajstić information content (AvgIpc) is 3.07. The molecule has 1 aliphatic carbocycles. The fourth-order valence-corrected chi connectivity index (χ4v) is 5.70. The number of piperazine rings is 1. The van der Waals surface area contributed by atoms with Gasteiger partial charge in [0.25, 0.3) is 5.91 Å². The maximum Gasteiger partial charge on any atom is 0.251 e. The quantitative estimate of drug-likeness (QED) is 0.750. The summed E-state index contributed by atoms with van der Waals surface area (Å²) in [6.07, 6.45) is 1.61. The summed E-state index contributed by atoms with van der Waals surface area (Å²) < 4.78 is 32.5. The Hall–Kier alpha value is -2.65. The minimum atomic E-state index is -3.79. The lowest BCUT2D eigenvalue weighted by atomic mass is 9.74. The average molecular weight is 446 g/mol. The van der Waals surface area contributed by atoms with Crippen LogP contribution in [0, 0.1) is 12.3 Å². The molecule has 2 heterocycles. The molecule has 2 amide bonds. The number of carbonyl (C=O) groups is 2. The molecule has 1 aliphatic heterocycles. The van der Waals surface area contributed by atoms with Crippen LogP contribution in [0.5, 0.6) is 0 Å². The van der Waals surface area contributed by atoms with Crippen LogP contribution in [0.1, 0.15) is 53.8 Å². The molecule has 0 bridgehead atoms. The fourth-order valence-electron chi connectivity index (χ4n) is 4.30. The maximum atomic E-state index is 12.9. The number of aryl methyl sites for hydroxylation is 1. The largest absolute Gasteiger partial charge is 0.466 e. The second-order valence-electron chi connectivity index (χ2n) is 9.02. The van der Waals surface area contributed by atoms with Crippen molar-refractivity contribution >= 4 is 21.8 Å². The summed E-state index contributed by atoms with van der Waals surface area (Å²) in [6.45, 7) is 6.50. The predicted molar refractivity (Wildman–Crippen MR) is 114 cm³/mol. The topological polar surface area (TPSA) is 109 Å². The van der Waals surface area contributed by atoms with Gasteiger partial charge in [-0.3, -0.25) is 9.59 Å². The van der Waals surface area contributed by atoms with Gasteiger partial charge < -0.3 is 15.1 Å². The fraction of sp³-hybridized carbons (Fsp3) is 0.455. The molecule has 8 nitrogen and oxygen atoms in total. The lowest BCUT2D eigenvalue weighted by Gasteiger charge is -2.34. The number of amides is 2. The molecule has 9 heteroatoms. The molecule has 0 radical (unpaired) electrons. The Morgan fingerprint density at radius 3 is 2.65 bits per heavy atom. The van der Waals surface area contributed by atoms with Crippen molar-refractivity contribution < 1.29 is 22.4 Å². The van der Waals surface area contributed by atoms with Crippen LogP contribution in [0.15, 0.2) is 39.6 Å². The molecular formula is C22H27N3O5S. The van der Waals surface area contributed by atoms with Crippen molar-refractivity contribution in [1.82, 2.24) is 14.9 Å². The second kappa shape index (κ2) is 7.80. The highest BCUT2D eigenvalue weighted by molar-refractivity contribution is 7.89. The van der Waals surface area contributed by atoms with Crippen molar-refractivity contribution in [2.24, 2.45) is 5.41 Å². The van der Waals surface area contributed by atoms with Crippen molar-refractivity contribution in [2.45, 2.75) is 44.6 Å². The zero-order valence-electron chi connectivity index (χ0n) is 17.9. The van der Waals surface area contributed by atoms with Gasteiger partial charge in [-0.25, -0.2) is 8.42 Å². The Bertz CT molecular complexity index is 1120. The molecule has 2 aromatic rings. The lowest BCUT2D eigenvalue weighted by Crippen LogP contribution is -2.49. The van der Waals surface area contributed by atoms with E-state index in [1.54, 1.807) is 0 Å². The Morgan fingerprint density at radius 2 is 1.97 bits per heavy atom. The summed E-state index contributed by atoms with van der Waals surface area (Å²) in [6, 6.07) is 7.63. The van der Waals surface area contributed by atoms with Gasteiger partial charge in [0.1, 0.15) is 11.5 Å². The zero-order chi connectivity index (χ0) is 22.4. The van der Waals surface area contributed by atoms with Crippen LogP contribution in [0.3, 0.4) is 0 Å².